The molecule has 0 amide bonds. The Morgan fingerprint density at radius 3 is 2.10 bits per heavy atom. The van der Waals surface area contributed by atoms with Crippen LogP contribution >= 0.6 is 0 Å². The van der Waals surface area contributed by atoms with Gasteiger partial charge >= 0.3 is 0 Å². The molecule has 0 saturated carbocycles. The van der Waals surface area contributed by atoms with Crippen LogP contribution in [0.15, 0.2) is 47.4 Å². The molecule has 0 heterocycles. The number of halogens is 2. The maximum atomic E-state index is 13.7. The minimum absolute atomic E-state index is 0.0383. The zero-order chi connectivity index (χ0) is 14.8. The molecule has 0 saturated heterocycles. The van der Waals surface area contributed by atoms with Crippen LogP contribution in [0.4, 0.5) is 8.78 Å². The summed E-state index contributed by atoms with van der Waals surface area (Å²) in [5.41, 5.74) is 0.724. The van der Waals surface area contributed by atoms with Gasteiger partial charge in [0, 0.05) is 0 Å². The van der Waals surface area contributed by atoms with Gasteiger partial charge in [0.15, 0.2) is 17.4 Å². The molecule has 106 valence electrons. The lowest BCUT2D eigenvalue weighted by atomic mass is 10.2. The first kappa shape index (κ1) is 14.4. The van der Waals surface area contributed by atoms with E-state index in [0.717, 1.165) is 5.56 Å². The molecule has 20 heavy (non-hydrogen) atoms. The Balaban J connectivity index is 2.25. The fraction of sp³-hybridized carbons (Fsp3) is 0.0769. The van der Waals surface area contributed by atoms with Crippen LogP contribution in [0.5, 0.6) is 5.75 Å². The Bertz CT molecular complexity index is 695. The smallest absolute Gasteiger partial charge is 0.238 e. The second-order valence-electron chi connectivity index (χ2n) is 4.04. The van der Waals surface area contributed by atoms with Gasteiger partial charge in [-0.1, -0.05) is 30.3 Å². The zero-order valence-electron chi connectivity index (χ0n) is 10.2. The summed E-state index contributed by atoms with van der Waals surface area (Å²) in [5.74, 6) is -2.88. The van der Waals surface area contributed by atoms with Gasteiger partial charge in [0.05, 0.1) is 4.90 Å². The van der Waals surface area contributed by atoms with Crippen molar-refractivity contribution in [1.82, 2.24) is 0 Å². The predicted octanol–water partition coefficient (Wildman–Crippen LogP) is 2.19. The van der Waals surface area contributed by atoms with E-state index in [1.165, 1.54) is 0 Å². The molecule has 0 aliphatic heterocycles. The van der Waals surface area contributed by atoms with Crippen molar-refractivity contribution in [3.8, 4) is 5.75 Å². The summed E-state index contributed by atoms with van der Waals surface area (Å²) in [7, 11) is -4.17. The SMILES string of the molecule is NS(=O)(=O)c1cc(F)c(OCc2ccccc2)c(F)c1. The third-order valence-electron chi connectivity index (χ3n) is 2.53. The van der Waals surface area contributed by atoms with E-state index in [4.69, 9.17) is 9.88 Å². The molecule has 0 fully saturated rings. The molecule has 0 aromatic heterocycles. The van der Waals surface area contributed by atoms with Crippen LogP contribution in [0.25, 0.3) is 0 Å². The van der Waals surface area contributed by atoms with E-state index < -0.39 is 32.3 Å². The molecule has 0 atom stereocenters. The van der Waals surface area contributed by atoms with Crippen molar-refractivity contribution in [2.24, 2.45) is 5.14 Å². The van der Waals surface area contributed by atoms with E-state index in [1.54, 1.807) is 30.3 Å². The van der Waals surface area contributed by atoms with Gasteiger partial charge in [0.1, 0.15) is 6.61 Å². The number of rotatable bonds is 4. The summed E-state index contributed by atoms with van der Waals surface area (Å²) < 4.78 is 54.4. The molecule has 2 aromatic carbocycles. The van der Waals surface area contributed by atoms with Crippen molar-refractivity contribution >= 4 is 10.0 Å². The summed E-state index contributed by atoms with van der Waals surface area (Å²) in [4.78, 5) is -0.639. The number of ether oxygens (including phenoxy) is 1. The molecular weight excluding hydrogens is 288 g/mol. The maximum Gasteiger partial charge on any atom is 0.238 e. The number of hydrogen-bond donors (Lipinski definition) is 1. The third-order valence-corrected chi connectivity index (χ3v) is 3.42. The van der Waals surface area contributed by atoms with Gasteiger partial charge in [0.2, 0.25) is 10.0 Å². The molecule has 2 rings (SSSR count). The van der Waals surface area contributed by atoms with Crippen LogP contribution in [-0.4, -0.2) is 8.42 Å². The quantitative estimate of drug-likeness (QED) is 0.941. The average Bonchev–Trinajstić information content (AvgIpc) is 2.37. The Morgan fingerprint density at radius 1 is 1.05 bits per heavy atom. The Hall–Kier alpha value is -1.99. The average molecular weight is 299 g/mol. The fourth-order valence-corrected chi connectivity index (χ4v) is 2.10. The van der Waals surface area contributed by atoms with Gasteiger partial charge in [0.25, 0.3) is 0 Å². The molecule has 7 heteroatoms. The number of sulfonamides is 1. The van der Waals surface area contributed by atoms with E-state index in [2.05, 4.69) is 0 Å². The monoisotopic (exact) mass is 299 g/mol. The molecule has 0 aliphatic carbocycles. The number of primary sulfonamides is 1. The van der Waals surface area contributed by atoms with Crippen LogP contribution in [0.1, 0.15) is 5.56 Å². The first-order chi connectivity index (χ1) is 9.38. The van der Waals surface area contributed by atoms with Crippen molar-refractivity contribution in [2.75, 3.05) is 0 Å². The van der Waals surface area contributed by atoms with Crippen molar-refractivity contribution in [1.29, 1.82) is 0 Å². The lowest BCUT2D eigenvalue weighted by Crippen LogP contribution is -2.13. The Labute approximate surface area is 114 Å². The fourth-order valence-electron chi connectivity index (χ4n) is 1.57. The summed E-state index contributed by atoms with van der Waals surface area (Å²) in [6.45, 7) is -0.0383. The van der Waals surface area contributed by atoms with Gasteiger partial charge in [-0.25, -0.2) is 22.3 Å². The molecule has 4 nitrogen and oxygen atoms in total. The van der Waals surface area contributed by atoms with Gasteiger partial charge < -0.3 is 4.74 Å². The maximum absolute atomic E-state index is 13.7. The largest absolute Gasteiger partial charge is 0.483 e. The highest BCUT2D eigenvalue weighted by Gasteiger charge is 2.18. The molecule has 2 aromatic rings. The van der Waals surface area contributed by atoms with E-state index in [-0.39, 0.29) is 6.61 Å². The second-order valence-corrected chi connectivity index (χ2v) is 5.60. The van der Waals surface area contributed by atoms with Crippen LogP contribution in [0.3, 0.4) is 0 Å². The van der Waals surface area contributed by atoms with Crippen LogP contribution in [0, 0.1) is 11.6 Å². The van der Waals surface area contributed by atoms with E-state index >= 15 is 0 Å². The van der Waals surface area contributed by atoms with Crippen molar-refractivity contribution in [2.45, 2.75) is 11.5 Å². The first-order valence-electron chi connectivity index (χ1n) is 5.56. The van der Waals surface area contributed by atoms with Crippen LogP contribution in [0.2, 0.25) is 0 Å². The second kappa shape index (κ2) is 5.56. The van der Waals surface area contributed by atoms with Crippen molar-refractivity contribution < 1.29 is 21.9 Å². The van der Waals surface area contributed by atoms with Crippen LogP contribution in [-0.2, 0) is 16.6 Å². The predicted molar refractivity (Wildman–Crippen MR) is 68.5 cm³/mol. The van der Waals surface area contributed by atoms with E-state index in [0.29, 0.717) is 12.1 Å². The number of nitrogens with two attached hydrogens (primary N) is 1. The molecule has 0 aliphatic rings. The molecular formula is C13H11F2NO3S. The number of benzene rings is 2. The van der Waals surface area contributed by atoms with Gasteiger partial charge in [-0.15, -0.1) is 0 Å². The highest BCUT2D eigenvalue weighted by molar-refractivity contribution is 7.89. The Morgan fingerprint density at radius 2 is 1.60 bits per heavy atom. The highest BCUT2D eigenvalue weighted by Crippen LogP contribution is 2.25. The topological polar surface area (TPSA) is 69.4 Å². The lowest BCUT2D eigenvalue weighted by molar-refractivity contribution is 0.273. The molecule has 0 bridgehead atoms. The van der Waals surface area contributed by atoms with E-state index in [9.17, 15) is 17.2 Å². The highest BCUT2D eigenvalue weighted by atomic mass is 32.2. The molecule has 0 radical (unpaired) electrons. The Kier molecular flexibility index (Phi) is 4.01. The number of hydrogen-bond acceptors (Lipinski definition) is 3. The normalized spacial score (nSPS) is 11.3. The van der Waals surface area contributed by atoms with Crippen molar-refractivity contribution in [3.05, 3.63) is 59.7 Å². The minimum Gasteiger partial charge on any atom is -0.483 e. The molecule has 0 spiro atoms. The molecule has 0 unspecified atom stereocenters. The summed E-state index contributed by atoms with van der Waals surface area (Å²) in [6.07, 6.45) is 0. The summed E-state index contributed by atoms with van der Waals surface area (Å²) in [6, 6.07) is 10.0. The lowest BCUT2D eigenvalue weighted by Gasteiger charge is -2.09. The molecule has 2 N–H and O–H groups in total. The minimum atomic E-state index is -4.17. The standard InChI is InChI=1S/C13H11F2NO3S/c14-11-6-10(20(16,17)18)7-12(15)13(11)19-8-9-4-2-1-3-5-9/h1-7H,8H2,(H2,16,17,18). The third kappa shape index (κ3) is 3.31. The van der Waals surface area contributed by atoms with E-state index in [1.807, 2.05) is 0 Å². The zero-order valence-corrected chi connectivity index (χ0v) is 11.0. The van der Waals surface area contributed by atoms with Gasteiger partial charge in [-0.2, -0.15) is 0 Å². The van der Waals surface area contributed by atoms with Gasteiger partial charge in [-0.05, 0) is 17.7 Å². The van der Waals surface area contributed by atoms with Gasteiger partial charge in [-0.3, -0.25) is 0 Å². The first-order valence-corrected chi connectivity index (χ1v) is 7.11. The van der Waals surface area contributed by atoms with Crippen LogP contribution < -0.4 is 9.88 Å². The summed E-state index contributed by atoms with van der Waals surface area (Å²) >= 11 is 0. The summed E-state index contributed by atoms with van der Waals surface area (Å²) in [5, 5.41) is 4.81. The van der Waals surface area contributed by atoms with Crippen molar-refractivity contribution in [3.63, 3.8) is 0 Å².